The molecule has 0 amide bonds. The number of hydrogen-bond acceptors (Lipinski definition) is 3. The number of rotatable bonds is 5. The van der Waals surface area contributed by atoms with Gasteiger partial charge in [0, 0.05) is 18.6 Å². The predicted octanol–water partition coefficient (Wildman–Crippen LogP) is 3.59. The van der Waals surface area contributed by atoms with Crippen molar-refractivity contribution < 1.29 is 4.74 Å². The van der Waals surface area contributed by atoms with Crippen molar-refractivity contribution in [1.29, 1.82) is 0 Å². The third-order valence-corrected chi connectivity index (χ3v) is 4.62. The van der Waals surface area contributed by atoms with Gasteiger partial charge in [0.2, 0.25) is 0 Å². The molecule has 1 aliphatic rings. The van der Waals surface area contributed by atoms with Crippen molar-refractivity contribution in [2.24, 2.45) is 11.7 Å². The highest BCUT2D eigenvalue weighted by atomic mass is 16.5. The molecule has 0 radical (unpaired) electrons. The number of nitrogens with zero attached hydrogens (tertiary/aromatic N) is 1. The fraction of sp³-hybridized carbons (Fsp3) is 0.667. The summed E-state index contributed by atoms with van der Waals surface area (Å²) in [4.78, 5) is 2.54. The first-order chi connectivity index (χ1) is 9.97. The van der Waals surface area contributed by atoms with Crippen LogP contribution in [0.15, 0.2) is 24.3 Å². The second kappa shape index (κ2) is 7.28. The standard InChI is InChI=1S/C18H30N2O/c1-13(2)21-17-9-7-16(8-10-17)18(19)12-20-11-5-6-14(3)15(20)4/h7-10,13-15,18H,5-6,11-12,19H2,1-4H3. The van der Waals surface area contributed by atoms with Gasteiger partial charge in [-0.1, -0.05) is 19.1 Å². The minimum Gasteiger partial charge on any atom is -0.491 e. The van der Waals surface area contributed by atoms with Crippen LogP contribution in [0.4, 0.5) is 0 Å². The van der Waals surface area contributed by atoms with Gasteiger partial charge in [-0.25, -0.2) is 0 Å². The molecule has 0 spiro atoms. The summed E-state index contributed by atoms with van der Waals surface area (Å²) in [5, 5.41) is 0. The van der Waals surface area contributed by atoms with Crippen LogP contribution < -0.4 is 10.5 Å². The van der Waals surface area contributed by atoms with E-state index < -0.39 is 0 Å². The Morgan fingerprint density at radius 1 is 1.24 bits per heavy atom. The minimum absolute atomic E-state index is 0.0749. The van der Waals surface area contributed by atoms with E-state index in [1.165, 1.54) is 24.9 Å². The molecule has 1 saturated heterocycles. The van der Waals surface area contributed by atoms with E-state index in [9.17, 15) is 0 Å². The zero-order valence-electron chi connectivity index (χ0n) is 13.9. The quantitative estimate of drug-likeness (QED) is 0.900. The molecule has 1 fully saturated rings. The highest BCUT2D eigenvalue weighted by Gasteiger charge is 2.26. The number of ether oxygens (including phenoxy) is 1. The number of piperidine rings is 1. The third-order valence-electron chi connectivity index (χ3n) is 4.62. The Morgan fingerprint density at radius 2 is 1.90 bits per heavy atom. The molecule has 0 bridgehead atoms. The summed E-state index contributed by atoms with van der Waals surface area (Å²) in [6, 6.07) is 8.95. The largest absolute Gasteiger partial charge is 0.491 e. The molecule has 2 rings (SSSR count). The molecule has 0 saturated carbocycles. The summed E-state index contributed by atoms with van der Waals surface area (Å²) < 4.78 is 5.68. The fourth-order valence-electron chi connectivity index (χ4n) is 3.10. The van der Waals surface area contributed by atoms with E-state index in [1.807, 2.05) is 26.0 Å². The van der Waals surface area contributed by atoms with Gasteiger partial charge in [0.25, 0.3) is 0 Å². The van der Waals surface area contributed by atoms with E-state index in [2.05, 4.69) is 30.9 Å². The second-order valence-corrected chi connectivity index (χ2v) is 6.70. The van der Waals surface area contributed by atoms with Crippen molar-refractivity contribution in [1.82, 2.24) is 4.90 Å². The maximum Gasteiger partial charge on any atom is 0.119 e. The van der Waals surface area contributed by atoms with Gasteiger partial charge in [0.1, 0.15) is 5.75 Å². The molecule has 1 aromatic rings. The number of likely N-dealkylation sites (tertiary alicyclic amines) is 1. The average Bonchev–Trinajstić information content (AvgIpc) is 2.44. The molecule has 1 aromatic carbocycles. The van der Waals surface area contributed by atoms with Crippen LogP contribution in [-0.4, -0.2) is 30.1 Å². The first-order valence-electron chi connectivity index (χ1n) is 8.23. The average molecular weight is 290 g/mol. The summed E-state index contributed by atoms with van der Waals surface area (Å²) in [5.74, 6) is 1.69. The van der Waals surface area contributed by atoms with Crippen LogP contribution in [0.3, 0.4) is 0 Å². The Hall–Kier alpha value is -1.06. The van der Waals surface area contributed by atoms with Crippen LogP contribution in [0.25, 0.3) is 0 Å². The Bertz CT molecular complexity index is 429. The number of hydrogen-bond donors (Lipinski definition) is 1. The van der Waals surface area contributed by atoms with E-state index >= 15 is 0 Å². The summed E-state index contributed by atoms with van der Waals surface area (Å²) >= 11 is 0. The van der Waals surface area contributed by atoms with Crippen LogP contribution in [0.5, 0.6) is 5.75 Å². The molecule has 1 heterocycles. The van der Waals surface area contributed by atoms with Gasteiger partial charge in [-0.3, -0.25) is 4.90 Å². The Labute approximate surface area is 129 Å². The molecule has 3 heteroatoms. The number of benzene rings is 1. The molecular formula is C18H30N2O. The molecule has 1 aliphatic heterocycles. The minimum atomic E-state index is 0.0749. The number of nitrogens with two attached hydrogens (primary N) is 1. The molecule has 3 unspecified atom stereocenters. The molecule has 118 valence electrons. The van der Waals surface area contributed by atoms with Crippen molar-refractivity contribution in [2.75, 3.05) is 13.1 Å². The molecule has 3 nitrogen and oxygen atoms in total. The van der Waals surface area contributed by atoms with Gasteiger partial charge in [-0.2, -0.15) is 0 Å². The predicted molar refractivity (Wildman–Crippen MR) is 88.6 cm³/mol. The lowest BCUT2D eigenvalue weighted by Crippen LogP contribution is -2.45. The monoisotopic (exact) mass is 290 g/mol. The van der Waals surface area contributed by atoms with Crippen molar-refractivity contribution >= 4 is 0 Å². The highest BCUT2D eigenvalue weighted by molar-refractivity contribution is 5.29. The van der Waals surface area contributed by atoms with Crippen molar-refractivity contribution in [3.05, 3.63) is 29.8 Å². The molecule has 0 aliphatic carbocycles. The molecule has 21 heavy (non-hydrogen) atoms. The van der Waals surface area contributed by atoms with Gasteiger partial charge >= 0.3 is 0 Å². The molecule has 0 aromatic heterocycles. The van der Waals surface area contributed by atoms with Gasteiger partial charge in [-0.15, -0.1) is 0 Å². The Morgan fingerprint density at radius 3 is 2.52 bits per heavy atom. The topological polar surface area (TPSA) is 38.5 Å². The maximum atomic E-state index is 6.40. The van der Waals surface area contributed by atoms with Crippen LogP contribution in [0, 0.1) is 5.92 Å². The maximum absolute atomic E-state index is 6.40. The zero-order chi connectivity index (χ0) is 15.4. The van der Waals surface area contributed by atoms with Crippen molar-refractivity contribution in [3.63, 3.8) is 0 Å². The van der Waals surface area contributed by atoms with E-state index in [1.54, 1.807) is 0 Å². The van der Waals surface area contributed by atoms with Crippen LogP contribution in [0.1, 0.15) is 52.1 Å². The van der Waals surface area contributed by atoms with E-state index in [-0.39, 0.29) is 12.1 Å². The van der Waals surface area contributed by atoms with E-state index in [0.717, 1.165) is 18.2 Å². The third kappa shape index (κ3) is 4.45. The van der Waals surface area contributed by atoms with Gasteiger partial charge < -0.3 is 10.5 Å². The Kier molecular flexibility index (Phi) is 5.65. The summed E-state index contributed by atoms with van der Waals surface area (Å²) in [7, 11) is 0. The Balaban J connectivity index is 1.95. The van der Waals surface area contributed by atoms with E-state index in [4.69, 9.17) is 10.5 Å². The van der Waals surface area contributed by atoms with E-state index in [0.29, 0.717) is 6.04 Å². The molecular weight excluding hydrogens is 260 g/mol. The lowest BCUT2D eigenvalue weighted by molar-refractivity contribution is 0.107. The van der Waals surface area contributed by atoms with Crippen LogP contribution in [-0.2, 0) is 0 Å². The van der Waals surface area contributed by atoms with Crippen molar-refractivity contribution in [3.8, 4) is 5.75 Å². The van der Waals surface area contributed by atoms with Gasteiger partial charge in [-0.05, 0) is 63.8 Å². The molecule has 3 atom stereocenters. The SMILES string of the molecule is CC(C)Oc1ccc(C(N)CN2CCCC(C)C2C)cc1. The molecule has 2 N–H and O–H groups in total. The highest BCUT2D eigenvalue weighted by Crippen LogP contribution is 2.25. The zero-order valence-corrected chi connectivity index (χ0v) is 13.9. The van der Waals surface area contributed by atoms with Crippen LogP contribution >= 0.6 is 0 Å². The first kappa shape index (κ1) is 16.3. The normalized spacial score (nSPS) is 25.0. The van der Waals surface area contributed by atoms with Gasteiger partial charge in [0.05, 0.1) is 6.10 Å². The summed E-state index contributed by atoms with van der Waals surface area (Å²) in [6.07, 6.45) is 2.84. The lowest BCUT2D eigenvalue weighted by Gasteiger charge is -2.39. The van der Waals surface area contributed by atoms with Gasteiger partial charge in [0.15, 0.2) is 0 Å². The second-order valence-electron chi connectivity index (χ2n) is 6.70. The smallest absolute Gasteiger partial charge is 0.119 e. The summed E-state index contributed by atoms with van der Waals surface area (Å²) in [6.45, 7) is 10.9. The summed E-state index contributed by atoms with van der Waals surface area (Å²) in [5.41, 5.74) is 7.59. The fourth-order valence-corrected chi connectivity index (χ4v) is 3.10. The van der Waals surface area contributed by atoms with Crippen molar-refractivity contribution in [2.45, 2.75) is 58.7 Å². The van der Waals surface area contributed by atoms with Crippen LogP contribution in [0.2, 0.25) is 0 Å². The first-order valence-corrected chi connectivity index (χ1v) is 8.23. The lowest BCUT2D eigenvalue weighted by atomic mass is 9.91.